The molecule has 5 nitrogen and oxygen atoms in total. The molecule has 0 radical (unpaired) electrons. The number of piperazine rings is 1. The van der Waals surface area contributed by atoms with Crippen molar-refractivity contribution in [3.05, 3.63) is 24.3 Å². The highest BCUT2D eigenvalue weighted by atomic mass is 35.5. The van der Waals surface area contributed by atoms with Gasteiger partial charge in [-0.05, 0) is 38.3 Å². The monoisotopic (exact) mass is 403 g/mol. The summed E-state index contributed by atoms with van der Waals surface area (Å²) < 4.78 is 5.74. The first-order chi connectivity index (χ1) is 11.7. The molecule has 7 heteroatoms. The van der Waals surface area contributed by atoms with Crippen molar-refractivity contribution >= 4 is 36.4 Å². The third-order valence-electron chi connectivity index (χ3n) is 5.16. The second kappa shape index (κ2) is 10.9. The smallest absolute Gasteiger partial charge is 0.225 e. The number of hydrogen-bond donors (Lipinski definition) is 1. The second-order valence-electron chi connectivity index (χ2n) is 6.84. The maximum atomic E-state index is 12.7. The Morgan fingerprint density at radius 1 is 1.15 bits per heavy atom. The molecule has 0 spiro atoms. The van der Waals surface area contributed by atoms with E-state index in [1.807, 2.05) is 30.0 Å². The molecule has 0 bridgehead atoms. The zero-order valence-electron chi connectivity index (χ0n) is 15.4. The lowest BCUT2D eigenvalue weighted by molar-refractivity contribution is -0.137. The van der Waals surface area contributed by atoms with E-state index < -0.39 is 0 Å². The van der Waals surface area contributed by atoms with Crippen molar-refractivity contribution in [1.82, 2.24) is 4.90 Å². The van der Waals surface area contributed by atoms with Crippen molar-refractivity contribution in [2.75, 3.05) is 37.7 Å². The van der Waals surface area contributed by atoms with Crippen LogP contribution in [0.25, 0.3) is 0 Å². The quantitative estimate of drug-likeness (QED) is 0.838. The van der Waals surface area contributed by atoms with Crippen LogP contribution in [-0.4, -0.2) is 49.6 Å². The molecule has 1 heterocycles. The van der Waals surface area contributed by atoms with Crippen LogP contribution >= 0.6 is 24.8 Å². The molecular weight excluding hydrogens is 373 g/mol. The van der Waals surface area contributed by atoms with E-state index in [0.29, 0.717) is 12.5 Å². The van der Waals surface area contributed by atoms with Gasteiger partial charge in [-0.15, -0.1) is 24.8 Å². The van der Waals surface area contributed by atoms with Crippen LogP contribution in [0.15, 0.2) is 24.3 Å². The molecule has 148 valence electrons. The van der Waals surface area contributed by atoms with Gasteiger partial charge in [0.05, 0.1) is 12.3 Å². The van der Waals surface area contributed by atoms with E-state index in [4.69, 9.17) is 10.5 Å². The average molecular weight is 404 g/mol. The highest BCUT2D eigenvalue weighted by molar-refractivity contribution is 5.85. The van der Waals surface area contributed by atoms with E-state index in [0.717, 1.165) is 63.3 Å². The van der Waals surface area contributed by atoms with E-state index >= 15 is 0 Å². The van der Waals surface area contributed by atoms with Gasteiger partial charge in [0.25, 0.3) is 0 Å². The molecule has 1 saturated heterocycles. The van der Waals surface area contributed by atoms with Crippen LogP contribution in [0.3, 0.4) is 0 Å². The fraction of sp³-hybridized carbons (Fsp3) is 0.632. The van der Waals surface area contributed by atoms with E-state index in [-0.39, 0.29) is 36.8 Å². The fourth-order valence-corrected chi connectivity index (χ4v) is 3.87. The largest absolute Gasteiger partial charge is 0.492 e. The molecule has 1 aliphatic carbocycles. The zero-order chi connectivity index (χ0) is 16.9. The molecule has 1 aromatic carbocycles. The first-order valence-corrected chi connectivity index (χ1v) is 9.20. The maximum absolute atomic E-state index is 12.7. The summed E-state index contributed by atoms with van der Waals surface area (Å²) in [5.74, 6) is 1.37. The number of hydrogen-bond acceptors (Lipinski definition) is 4. The van der Waals surface area contributed by atoms with E-state index in [1.165, 1.54) is 0 Å². The van der Waals surface area contributed by atoms with Gasteiger partial charge < -0.3 is 20.3 Å². The van der Waals surface area contributed by atoms with Gasteiger partial charge in [0.15, 0.2) is 0 Å². The predicted molar refractivity (Wildman–Crippen MR) is 111 cm³/mol. The molecule has 2 N–H and O–H groups in total. The van der Waals surface area contributed by atoms with Crippen molar-refractivity contribution in [3.8, 4) is 5.75 Å². The number of rotatable bonds is 4. The second-order valence-corrected chi connectivity index (χ2v) is 6.84. The Bertz CT molecular complexity index is 565. The van der Waals surface area contributed by atoms with E-state index in [1.54, 1.807) is 0 Å². The minimum absolute atomic E-state index is 0. The Kier molecular flexibility index (Phi) is 9.55. The van der Waals surface area contributed by atoms with Gasteiger partial charge >= 0.3 is 0 Å². The lowest BCUT2D eigenvalue weighted by Crippen LogP contribution is -2.51. The summed E-state index contributed by atoms with van der Waals surface area (Å²) in [4.78, 5) is 17.1. The summed E-state index contributed by atoms with van der Waals surface area (Å²) in [5.41, 5.74) is 7.17. The topological polar surface area (TPSA) is 58.8 Å². The SMILES string of the molecule is CCOc1ccccc1N1CCN(C(=O)C2CCCC(N)C2)CC1.Cl.Cl. The molecule has 1 aromatic rings. The summed E-state index contributed by atoms with van der Waals surface area (Å²) in [7, 11) is 0. The Hall–Kier alpha value is -1.17. The van der Waals surface area contributed by atoms with E-state index in [2.05, 4.69) is 11.0 Å². The highest BCUT2D eigenvalue weighted by Gasteiger charge is 2.31. The summed E-state index contributed by atoms with van der Waals surface area (Å²) in [5, 5.41) is 0. The van der Waals surface area contributed by atoms with Crippen LogP contribution in [0, 0.1) is 5.92 Å². The number of anilines is 1. The van der Waals surface area contributed by atoms with Gasteiger partial charge in [-0.25, -0.2) is 0 Å². The number of carbonyl (C=O) groups is 1. The van der Waals surface area contributed by atoms with Gasteiger partial charge in [-0.1, -0.05) is 18.6 Å². The van der Waals surface area contributed by atoms with Crippen molar-refractivity contribution < 1.29 is 9.53 Å². The molecule has 2 aliphatic rings. The number of nitrogens with two attached hydrogens (primary N) is 1. The molecule has 26 heavy (non-hydrogen) atoms. The van der Waals surface area contributed by atoms with Gasteiger partial charge in [-0.2, -0.15) is 0 Å². The normalized spacial score (nSPS) is 22.8. The summed E-state index contributed by atoms with van der Waals surface area (Å²) in [6.45, 7) is 5.94. The number of benzene rings is 1. The molecular formula is C19H31Cl2N3O2. The Balaban J connectivity index is 0.00000169. The van der Waals surface area contributed by atoms with Crippen LogP contribution in [0.4, 0.5) is 5.69 Å². The first-order valence-electron chi connectivity index (χ1n) is 9.20. The molecule has 1 amide bonds. The number of carbonyl (C=O) groups excluding carboxylic acids is 1. The van der Waals surface area contributed by atoms with Crippen LogP contribution in [-0.2, 0) is 4.79 Å². The Labute approximate surface area is 169 Å². The van der Waals surface area contributed by atoms with Gasteiger partial charge in [0.2, 0.25) is 5.91 Å². The standard InChI is InChI=1S/C19H29N3O2.2ClH/c1-2-24-18-9-4-3-8-17(18)21-10-12-22(13-11-21)19(23)15-6-5-7-16(20)14-15;;/h3-4,8-9,15-16H,2,5-7,10-14,20H2,1H3;2*1H. The maximum Gasteiger partial charge on any atom is 0.225 e. The third kappa shape index (κ3) is 5.41. The molecule has 2 fully saturated rings. The fourth-order valence-electron chi connectivity index (χ4n) is 3.87. The summed E-state index contributed by atoms with van der Waals surface area (Å²) >= 11 is 0. The number of halogens is 2. The molecule has 3 rings (SSSR count). The molecule has 0 aromatic heterocycles. The number of amides is 1. The number of para-hydroxylation sites is 2. The van der Waals surface area contributed by atoms with Crippen molar-refractivity contribution in [1.29, 1.82) is 0 Å². The molecule has 2 atom stereocenters. The third-order valence-corrected chi connectivity index (χ3v) is 5.16. The average Bonchev–Trinajstić information content (AvgIpc) is 2.62. The summed E-state index contributed by atoms with van der Waals surface area (Å²) in [6.07, 6.45) is 4.00. The van der Waals surface area contributed by atoms with Gasteiger partial charge in [0, 0.05) is 38.1 Å². The van der Waals surface area contributed by atoms with Gasteiger partial charge in [0.1, 0.15) is 5.75 Å². The van der Waals surface area contributed by atoms with E-state index in [9.17, 15) is 4.79 Å². The summed E-state index contributed by atoms with van der Waals surface area (Å²) in [6, 6.07) is 8.36. The lowest BCUT2D eigenvalue weighted by Gasteiger charge is -2.39. The lowest BCUT2D eigenvalue weighted by atomic mass is 9.85. The number of ether oxygens (including phenoxy) is 1. The first kappa shape index (κ1) is 22.9. The molecule has 2 unspecified atom stereocenters. The van der Waals surface area contributed by atoms with Crippen LogP contribution in [0.5, 0.6) is 5.75 Å². The van der Waals surface area contributed by atoms with Crippen molar-refractivity contribution in [2.24, 2.45) is 11.7 Å². The van der Waals surface area contributed by atoms with Crippen LogP contribution < -0.4 is 15.4 Å². The zero-order valence-corrected chi connectivity index (χ0v) is 17.1. The minimum Gasteiger partial charge on any atom is -0.492 e. The highest BCUT2D eigenvalue weighted by Crippen LogP contribution is 2.30. The van der Waals surface area contributed by atoms with Crippen LogP contribution in [0.2, 0.25) is 0 Å². The Morgan fingerprint density at radius 3 is 2.50 bits per heavy atom. The van der Waals surface area contributed by atoms with Crippen molar-refractivity contribution in [3.63, 3.8) is 0 Å². The van der Waals surface area contributed by atoms with Crippen molar-refractivity contribution in [2.45, 2.75) is 38.6 Å². The number of nitrogens with zero attached hydrogens (tertiary/aromatic N) is 2. The molecule has 1 aliphatic heterocycles. The minimum atomic E-state index is 0. The Morgan fingerprint density at radius 2 is 1.85 bits per heavy atom. The van der Waals surface area contributed by atoms with Crippen LogP contribution in [0.1, 0.15) is 32.6 Å². The van der Waals surface area contributed by atoms with Gasteiger partial charge in [-0.3, -0.25) is 4.79 Å². The molecule has 1 saturated carbocycles. The predicted octanol–water partition coefficient (Wildman–Crippen LogP) is 3.10.